The lowest BCUT2D eigenvalue weighted by molar-refractivity contribution is 0.415. The zero-order chi connectivity index (χ0) is 12.7. The number of nitrogens with two attached hydrogens (primary N) is 1. The van der Waals surface area contributed by atoms with Gasteiger partial charge in [-0.1, -0.05) is 6.92 Å². The Morgan fingerprint density at radius 1 is 1.39 bits per heavy atom. The smallest absolute Gasteiger partial charge is 0.201 e. The van der Waals surface area contributed by atoms with Crippen molar-refractivity contribution in [1.82, 2.24) is 9.55 Å². The van der Waals surface area contributed by atoms with Crippen LogP contribution in [-0.2, 0) is 0 Å². The topological polar surface area (TPSA) is 53.1 Å². The van der Waals surface area contributed by atoms with Gasteiger partial charge in [-0.15, -0.1) is 0 Å². The van der Waals surface area contributed by atoms with E-state index in [0.717, 1.165) is 22.7 Å². The molecule has 2 aromatic rings. The predicted octanol–water partition coefficient (Wildman–Crippen LogP) is 2.99. The third-order valence-corrected chi connectivity index (χ3v) is 3.96. The van der Waals surface area contributed by atoms with Crippen LogP contribution < -0.4 is 10.5 Å². The molecule has 1 aromatic heterocycles. The van der Waals surface area contributed by atoms with Crippen molar-refractivity contribution in [3.63, 3.8) is 0 Å². The molecule has 3 rings (SSSR count). The molecule has 0 bridgehead atoms. The van der Waals surface area contributed by atoms with Gasteiger partial charge >= 0.3 is 0 Å². The summed E-state index contributed by atoms with van der Waals surface area (Å²) in [7, 11) is 1.68. The normalized spacial score (nSPS) is 23.7. The molecule has 1 saturated carbocycles. The van der Waals surface area contributed by atoms with E-state index in [2.05, 4.69) is 16.5 Å². The predicted molar refractivity (Wildman–Crippen MR) is 72.7 cm³/mol. The molecule has 1 fully saturated rings. The first-order valence-corrected chi connectivity index (χ1v) is 6.50. The summed E-state index contributed by atoms with van der Waals surface area (Å²) in [5.74, 6) is 2.25. The Hall–Kier alpha value is -1.71. The van der Waals surface area contributed by atoms with Gasteiger partial charge in [0, 0.05) is 12.1 Å². The number of ether oxygens (including phenoxy) is 1. The quantitative estimate of drug-likeness (QED) is 0.885. The summed E-state index contributed by atoms with van der Waals surface area (Å²) >= 11 is 0. The fourth-order valence-electron chi connectivity index (χ4n) is 3.01. The van der Waals surface area contributed by atoms with Crippen LogP contribution in [0.25, 0.3) is 11.0 Å². The lowest BCUT2D eigenvalue weighted by atomic mass is 10.1. The molecule has 1 aliphatic rings. The van der Waals surface area contributed by atoms with Gasteiger partial charge in [0.2, 0.25) is 5.95 Å². The Morgan fingerprint density at radius 3 is 2.89 bits per heavy atom. The third kappa shape index (κ3) is 1.72. The maximum atomic E-state index is 6.08. The molecule has 1 aliphatic carbocycles. The highest BCUT2D eigenvalue weighted by Gasteiger charge is 2.25. The molecule has 0 spiro atoms. The first-order chi connectivity index (χ1) is 8.69. The van der Waals surface area contributed by atoms with Crippen molar-refractivity contribution < 1.29 is 4.74 Å². The van der Waals surface area contributed by atoms with Crippen LogP contribution in [0.5, 0.6) is 5.75 Å². The number of aromatic nitrogens is 2. The first kappa shape index (κ1) is 11.4. The van der Waals surface area contributed by atoms with Crippen LogP contribution in [-0.4, -0.2) is 16.7 Å². The molecule has 96 valence electrons. The minimum atomic E-state index is 0.483. The molecule has 1 aromatic carbocycles. The van der Waals surface area contributed by atoms with Crippen LogP contribution in [0.15, 0.2) is 18.2 Å². The number of anilines is 1. The van der Waals surface area contributed by atoms with Gasteiger partial charge in [0.1, 0.15) is 5.75 Å². The Balaban J connectivity index is 2.11. The number of imidazole rings is 1. The Morgan fingerprint density at radius 2 is 2.22 bits per heavy atom. The Bertz CT molecular complexity index is 576. The Kier molecular flexibility index (Phi) is 2.65. The number of hydrogen-bond donors (Lipinski definition) is 1. The molecule has 0 amide bonds. The van der Waals surface area contributed by atoms with E-state index in [4.69, 9.17) is 10.5 Å². The average Bonchev–Trinajstić information content (AvgIpc) is 2.90. The summed E-state index contributed by atoms with van der Waals surface area (Å²) in [6.45, 7) is 2.30. The van der Waals surface area contributed by atoms with Gasteiger partial charge in [-0.2, -0.15) is 0 Å². The van der Waals surface area contributed by atoms with E-state index in [9.17, 15) is 0 Å². The fourth-order valence-corrected chi connectivity index (χ4v) is 3.01. The van der Waals surface area contributed by atoms with Crippen molar-refractivity contribution >= 4 is 17.0 Å². The zero-order valence-corrected chi connectivity index (χ0v) is 10.9. The van der Waals surface area contributed by atoms with Gasteiger partial charge in [0.05, 0.1) is 18.1 Å². The molecule has 0 radical (unpaired) electrons. The second kappa shape index (κ2) is 4.19. The second-order valence-electron chi connectivity index (χ2n) is 5.27. The van der Waals surface area contributed by atoms with Crippen molar-refractivity contribution in [3.05, 3.63) is 18.2 Å². The summed E-state index contributed by atoms with van der Waals surface area (Å²) in [4.78, 5) is 4.44. The monoisotopic (exact) mass is 245 g/mol. The standard InChI is InChI=1S/C14H19N3O/c1-9-3-4-10(7-9)17-13-8-11(18-2)5-6-12(13)16-14(17)15/h5-6,8-10H,3-4,7H2,1-2H3,(H2,15,16). The third-order valence-electron chi connectivity index (χ3n) is 3.96. The van der Waals surface area contributed by atoms with E-state index in [1.54, 1.807) is 7.11 Å². The highest BCUT2D eigenvalue weighted by molar-refractivity contribution is 5.80. The average molecular weight is 245 g/mol. The lowest BCUT2D eigenvalue weighted by Crippen LogP contribution is -2.09. The molecule has 2 unspecified atom stereocenters. The van der Waals surface area contributed by atoms with E-state index in [-0.39, 0.29) is 0 Å². The molecule has 4 nitrogen and oxygen atoms in total. The fraction of sp³-hybridized carbons (Fsp3) is 0.500. The summed E-state index contributed by atoms with van der Waals surface area (Å²) in [5.41, 5.74) is 8.12. The minimum Gasteiger partial charge on any atom is -0.497 e. The van der Waals surface area contributed by atoms with Crippen molar-refractivity contribution in [2.45, 2.75) is 32.2 Å². The van der Waals surface area contributed by atoms with Gasteiger partial charge in [-0.3, -0.25) is 0 Å². The van der Waals surface area contributed by atoms with Gasteiger partial charge in [0.15, 0.2) is 0 Å². The van der Waals surface area contributed by atoms with E-state index in [0.29, 0.717) is 12.0 Å². The van der Waals surface area contributed by atoms with E-state index in [1.165, 1.54) is 19.3 Å². The number of nitrogens with zero attached hydrogens (tertiary/aromatic N) is 2. The van der Waals surface area contributed by atoms with Crippen molar-refractivity contribution in [1.29, 1.82) is 0 Å². The summed E-state index contributed by atoms with van der Waals surface area (Å²) in [5, 5.41) is 0. The van der Waals surface area contributed by atoms with Crippen LogP contribution in [0, 0.1) is 5.92 Å². The van der Waals surface area contributed by atoms with Crippen LogP contribution in [0.4, 0.5) is 5.95 Å². The molecular weight excluding hydrogens is 226 g/mol. The summed E-state index contributed by atoms with van der Waals surface area (Å²) in [6.07, 6.45) is 3.65. The number of hydrogen-bond acceptors (Lipinski definition) is 3. The number of fused-ring (bicyclic) bond motifs is 1. The highest BCUT2D eigenvalue weighted by atomic mass is 16.5. The number of nitrogen functional groups attached to an aromatic ring is 1. The van der Waals surface area contributed by atoms with Crippen molar-refractivity contribution in [2.24, 2.45) is 5.92 Å². The number of rotatable bonds is 2. The largest absolute Gasteiger partial charge is 0.497 e. The summed E-state index contributed by atoms with van der Waals surface area (Å²) in [6, 6.07) is 6.41. The maximum absolute atomic E-state index is 6.08. The van der Waals surface area contributed by atoms with E-state index >= 15 is 0 Å². The van der Waals surface area contributed by atoms with Gasteiger partial charge < -0.3 is 15.0 Å². The van der Waals surface area contributed by atoms with Crippen LogP contribution in [0.3, 0.4) is 0 Å². The SMILES string of the molecule is COc1ccc2nc(N)n(C3CCC(C)C3)c2c1. The molecule has 4 heteroatoms. The highest BCUT2D eigenvalue weighted by Crippen LogP contribution is 2.38. The molecule has 0 saturated heterocycles. The van der Waals surface area contributed by atoms with E-state index in [1.807, 2.05) is 18.2 Å². The minimum absolute atomic E-state index is 0.483. The van der Waals surface area contributed by atoms with E-state index < -0.39 is 0 Å². The van der Waals surface area contributed by atoms with Gasteiger partial charge in [-0.05, 0) is 37.3 Å². The van der Waals surface area contributed by atoms with Crippen LogP contribution in [0.1, 0.15) is 32.2 Å². The summed E-state index contributed by atoms with van der Waals surface area (Å²) < 4.78 is 7.47. The molecule has 18 heavy (non-hydrogen) atoms. The number of methoxy groups -OCH3 is 1. The van der Waals surface area contributed by atoms with Crippen LogP contribution >= 0.6 is 0 Å². The molecule has 0 aliphatic heterocycles. The number of benzene rings is 1. The van der Waals surface area contributed by atoms with Crippen molar-refractivity contribution in [3.8, 4) is 5.75 Å². The molecular formula is C14H19N3O. The van der Waals surface area contributed by atoms with Crippen LogP contribution in [0.2, 0.25) is 0 Å². The van der Waals surface area contributed by atoms with Gasteiger partial charge in [0.25, 0.3) is 0 Å². The molecule has 2 atom stereocenters. The van der Waals surface area contributed by atoms with Crippen molar-refractivity contribution in [2.75, 3.05) is 12.8 Å². The molecule has 1 heterocycles. The maximum Gasteiger partial charge on any atom is 0.201 e. The van der Waals surface area contributed by atoms with Gasteiger partial charge in [-0.25, -0.2) is 4.98 Å². The zero-order valence-electron chi connectivity index (χ0n) is 10.9. The first-order valence-electron chi connectivity index (χ1n) is 6.50. The molecule has 2 N–H and O–H groups in total. The second-order valence-corrected chi connectivity index (χ2v) is 5.27. The Labute approximate surface area is 107 Å². The lowest BCUT2D eigenvalue weighted by Gasteiger charge is -2.15.